The first kappa shape index (κ1) is 20.1. The molecule has 2 saturated heterocycles. The number of fused-ring (bicyclic) bond motifs is 4. The third kappa shape index (κ3) is 2.75. The van der Waals surface area contributed by atoms with Crippen molar-refractivity contribution in [1.82, 2.24) is 10.2 Å². The molecule has 0 unspecified atom stereocenters. The molecular formula is C22H19ClFN3O4. The van der Waals surface area contributed by atoms with Crippen LogP contribution >= 0.6 is 11.6 Å². The molecule has 5 atom stereocenters. The van der Waals surface area contributed by atoms with Crippen molar-refractivity contribution in [2.75, 3.05) is 5.32 Å². The summed E-state index contributed by atoms with van der Waals surface area (Å²) in [6.45, 7) is 1.47. The van der Waals surface area contributed by atoms with Gasteiger partial charge in [-0.1, -0.05) is 23.7 Å². The second-order valence-electron chi connectivity index (χ2n) is 8.26. The summed E-state index contributed by atoms with van der Waals surface area (Å²) in [5.41, 5.74) is 0.0478. The predicted octanol–water partition coefficient (Wildman–Crippen LogP) is 1.78. The fraction of sp³-hybridized carbons (Fsp3) is 0.318. The van der Waals surface area contributed by atoms with E-state index in [0.717, 1.165) is 4.90 Å². The molecule has 0 radical (unpaired) electrons. The van der Waals surface area contributed by atoms with Crippen molar-refractivity contribution >= 4 is 35.0 Å². The molecule has 7 nitrogen and oxygen atoms in total. The van der Waals surface area contributed by atoms with Gasteiger partial charge in [0.25, 0.3) is 0 Å². The second kappa shape index (κ2) is 6.85. The number of hydrogen-bond acceptors (Lipinski definition) is 5. The van der Waals surface area contributed by atoms with Crippen LogP contribution in [0.3, 0.4) is 0 Å². The molecule has 2 aromatic rings. The lowest BCUT2D eigenvalue weighted by atomic mass is 9.76. The molecule has 3 N–H and O–H groups in total. The zero-order chi connectivity index (χ0) is 22.1. The zero-order valence-corrected chi connectivity index (χ0v) is 17.2. The van der Waals surface area contributed by atoms with Crippen molar-refractivity contribution in [2.24, 2.45) is 11.8 Å². The summed E-state index contributed by atoms with van der Waals surface area (Å²) >= 11 is 6.18. The quantitative estimate of drug-likeness (QED) is 0.628. The molecule has 0 aliphatic carbocycles. The number of amides is 3. The number of nitrogens with one attached hydrogen (secondary N) is 2. The molecule has 160 valence electrons. The van der Waals surface area contributed by atoms with E-state index in [4.69, 9.17) is 11.6 Å². The molecule has 3 amide bonds. The number of likely N-dealkylation sites (tertiary alicyclic amines) is 1. The Balaban J connectivity index is 1.61. The van der Waals surface area contributed by atoms with E-state index in [9.17, 15) is 23.9 Å². The van der Waals surface area contributed by atoms with E-state index in [-0.39, 0.29) is 6.54 Å². The molecule has 2 fully saturated rings. The average Bonchev–Trinajstić information content (AvgIpc) is 3.31. The fourth-order valence-corrected chi connectivity index (χ4v) is 5.28. The summed E-state index contributed by atoms with van der Waals surface area (Å²) in [4.78, 5) is 41.2. The van der Waals surface area contributed by atoms with Gasteiger partial charge in [0.05, 0.1) is 24.5 Å². The Labute approximate surface area is 182 Å². The third-order valence-corrected chi connectivity index (χ3v) is 6.71. The van der Waals surface area contributed by atoms with E-state index in [0.29, 0.717) is 21.8 Å². The number of hydrogen-bond donors (Lipinski definition) is 3. The molecule has 31 heavy (non-hydrogen) atoms. The Kier molecular flexibility index (Phi) is 4.44. The zero-order valence-electron chi connectivity index (χ0n) is 16.4. The van der Waals surface area contributed by atoms with Crippen LogP contribution in [0.4, 0.5) is 10.1 Å². The van der Waals surface area contributed by atoms with Crippen LogP contribution in [0.5, 0.6) is 0 Å². The van der Waals surface area contributed by atoms with Gasteiger partial charge in [-0.05, 0) is 42.8 Å². The summed E-state index contributed by atoms with van der Waals surface area (Å²) < 4.78 is 13.3. The monoisotopic (exact) mass is 443 g/mol. The van der Waals surface area contributed by atoms with Crippen LogP contribution in [0.1, 0.15) is 18.1 Å². The highest BCUT2D eigenvalue weighted by atomic mass is 35.5. The Hall–Kier alpha value is -2.81. The SMILES string of the molecule is C[C@@H](O)[C@@H]1N[C@]2(C(=O)Nc3ccc(Cl)cc32)[C@@H]2C(=O)N(Cc3ccc(F)cc3)C(=O)[C@H]12. The third-order valence-electron chi connectivity index (χ3n) is 6.48. The van der Waals surface area contributed by atoms with Crippen molar-refractivity contribution in [3.05, 3.63) is 64.4 Å². The number of benzene rings is 2. The van der Waals surface area contributed by atoms with E-state index in [1.807, 2.05) is 0 Å². The second-order valence-corrected chi connectivity index (χ2v) is 8.69. The van der Waals surface area contributed by atoms with Gasteiger partial charge in [-0.3, -0.25) is 24.6 Å². The molecule has 5 rings (SSSR count). The van der Waals surface area contributed by atoms with Crippen LogP contribution in [0, 0.1) is 17.7 Å². The Morgan fingerprint density at radius 1 is 1.16 bits per heavy atom. The van der Waals surface area contributed by atoms with E-state index < -0.39 is 53.1 Å². The first-order valence-electron chi connectivity index (χ1n) is 9.91. The number of aliphatic hydroxyl groups excluding tert-OH is 1. The first-order chi connectivity index (χ1) is 14.7. The highest BCUT2D eigenvalue weighted by Crippen LogP contribution is 2.53. The topological polar surface area (TPSA) is 98.7 Å². The minimum absolute atomic E-state index is 0.0441. The van der Waals surface area contributed by atoms with Gasteiger partial charge in [-0.15, -0.1) is 0 Å². The van der Waals surface area contributed by atoms with Crippen LogP contribution in [0.15, 0.2) is 42.5 Å². The Morgan fingerprint density at radius 2 is 1.87 bits per heavy atom. The molecule has 2 aromatic carbocycles. The molecule has 3 heterocycles. The molecule has 3 aliphatic heterocycles. The lowest BCUT2D eigenvalue weighted by Crippen LogP contribution is -2.54. The minimum Gasteiger partial charge on any atom is -0.392 e. The normalized spacial score (nSPS) is 30.0. The summed E-state index contributed by atoms with van der Waals surface area (Å²) in [5, 5.41) is 16.7. The lowest BCUT2D eigenvalue weighted by Gasteiger charge is -2.30. The van der Waals surface area contributed by atoms with Crippen molar-refractivity contribution in [3.8, 4) is 0 Å². The number of halogens is 2. The van der Waals surface area contributed by atoms with Crippen molar-refractivity contribution in [1.29, 1.82) is 0 Å². The lowest BCUT2D eigenvalue weighted by molar-refractivity contribution is -0.143. The Morgan fingerprint density at radius 3 is 2.55 bits per heavy atom. The fourth-order valence-electron chi connectivity index (χ4n) is 5.11. The van der Waals surface area contributed by atoms with Gasteiger partial charge in [-0.25, -0.2) is 4.39 Å². The number of anilines is 1. The van der Waals surface area contributed by atoms with Gasteiger partial charge in [-0.2, -0.15) is 0 Å². The summed E-state index contributed by atoms with van der Waals surface area (Å²) in [6, 6.07) is 9.58. The first-order valence-corrected chi connectivity index (χ1v) is 10.3. The van der Waals surface area contributed by atoms with E-state index in [2.05, 4.69) is 10.6 Å². The summed E-state index contributed by atoms with van der Waals surface area (Å²) in [6.07, 6.45) is -0.995. The van der Waals surface area contributed by atoms with Gasteiger partial charge in [0.15, 0.2) is 0 Å². The maximum Gasteiger partial charge on any atom is 0.250 e. The van der Waals surface area contributed by atoms with Crippen LogP contribution in [0.2, 0.25) is 5.02 Å². The number of imide groups is 1. The van der Waals surface area contributed by atoms with Gasteiger partial charge in [0.1, 0.15) is 11.4 Å². The van der Waals surface area contributed by atoms with E-state index in [1.165, 1.54) is 31.2 Å². The van der Waals surface area contributed by atoms with Crippen molar-refractivity contribution < 1.29 is 23.9 Å². The summed E-state index contributed by atoms with van der Waals surface area (Å²) in [5.74, 6) is -3.85. The van der Waals surface area contributed by atoms with Gasteiger partial charge < -0.3 is 10.4 Å². The smallest absolute Gasteiger partial charge is 0.250 e. The van der Waals surface area contributed by atoms with Crippen LogP contribution in [-0.2, 0) is 26.5 Å². The molecule has 0 bridgehead atoms. The molecule has 9 heteroatoms. The largest absolute Gasteiger partial charge is 0.392 e. The average molecular weight is 444 g/mol. The van der Waals surface area contributed by atoms with Crippen LogP contribution < -0.4 is 10.6 Å². The minimum atomic E-state index is -1.52. The molecule has 0 saturated carbocycles. The number of nitrogens with zero attached hydrogens (tertiary/aromatic N) is 1. The number of carbonyl (C=O) groups excluding carboxylic acids is 3. The van der Waals surface area contributed by atoms with Crippen molar-refractivity contribution in [3.63, 3.8) is 0 Å². The number of carbonyl (C=O) groups is 3. The maximum atomic E-state index is 13.5. The number of aliphatic hydroxyl groups is 1. The predicted molar refractivity (Wildman–Crippen MR) is 109 cm³/mol. The van der Waals surface area contributed by atoms with Gasteiger partial charge >= 0.3 is 0 Å². The standard InChI is InChI=1S/C22H19ClFN3O4/c1-10(28)18-16-17(20(30)27(19(16)29)9-11-2-5-13(24)6-3-11)22(26-18)14-8-12(23)4-7-15(14)25-21(22)31/h2-8,10,16-18,26,28H,9H2,1H3,(H,25,31)/t10-,16+,17+,18+,22+/m1/s1. The molecule has 3 aliphatic rings. The molecule has 1 spiro atoms. The highest BCUT2D eigenvalue weighted by molar-refractivity contribution is 6.31. The molecule has 0 aromatic heterocycles. The van der Waals surface area contributed by atoms with Gasteiger partial charge in [0, 0.05) is 22.3 Å². The summed E-state index contributed by atoms with van der Waals surface area (Å²) in [7, 11) is 0. The van der Waals surface area contributed by atoms with Crippen LogP contribution in [-0.4, -0.2) is 39.9 Å². The molecular weight excluding hydrogens is 425 g/mol. The van der Waals surface area contributed by atoms with Crippen molar-refractivity contribution in [2.45, 2.75) is 31.2 Å². The van der Waals surface area contributed by atoms with Crippen LogP contribution in [0.25, 0.3) is 0 Å². The van der Waals surface area contributed by atoms with E-state index in [1.54, 1.807) is 18.2 Å². The highest BCUT2D eigenvalue weighted by Gasteiger charge is 2.71. The maximum absolute atomic E-state index is 13.5. The Bertz CT molecular complexity index is 1120. The van der Waals surface area contributed by atoms with Gasteiger partial charge in [0.2, 0.25) is 17.7 Å². The number of rotatable bonds is 3. The van der Waals surface area contributed by atoms with E-state index >= 15 is 0 Å².